The summed E-state index contributed by atoms with van der Waals surface area (Å²) in [6, 6.07) is 7.17. The third kappa shape index (κ3) is 3.10. The summed E-state index contributed by atoms with van der Waals surface area (Å²) in [5.41, 5.74) is 0. The van der Waals surface area contributed by atoms with Gasteiger partial charge >= 0.3 is 0 Å². The zero-order valence-electron chi connectivity index (χ0n) is 8.97. The molecule has 0 saturated heterocycles. The molecular weight excluding hydrogens is 232 g/mol. The molecule has 6 heteroatoms. The van der Waals surface area contributed by atoms with E-state index in [2.05, 4.69) is 4.72 Å². The van der Waals surface area contributed by atoms with Crippen LogP contribution in [0.5, 0.6) is 0 Å². The summed E-state index contributed by atoms with van der Waals surface area (Å²) >= 11 is 1.49. The summed E-state index contributed by atoms with van der Waals surface area (Å²) < 4.78 is 24.0. The Morgan fingerprint density at radius 2 is 1.73 bits per heavy atom. The Morgan fingerprint density at radius 1 is 1.20 bits per heavy atom. The third-order valence-electron chi connectivity index (χ3n) is 1.87. The van der Waals surface area contributed by atoms with Crippen LogP contribution in [0.25, 0.3) is 0 Å². The van der Waals surface area contributed by atoms with E-state index in [1.807, 2.05) is 19.2 Å². The Hall–Kier alpha value is -0.240. The minimum atomic E-state index is -2.80. The highest BCUT2D eigenvalue weighted by Crippen LogP contribution is 2.49. The van der Waals surface area contributed by atoms with Gasteiger partial charge in [-0.2, -0.15) is 0 Å². The van der Waals surface area contributed by atoms with Gasteiger partial charge in [0, 0.05) is 19.0 Å². The lowest BCUT2D eigenvalue weighted by Crippen LogP contribution is -2.18. The molecule has 0 atom stereocenters. The van der Waals surface area contributed by atoms with E-state index >= 15 is 0 Å². The number of hydrogen-bond donors (Lipinski definition) is 3. The fourth-order valence-corrected chi connectivity index (χ4v) is 2.45. The molecule has 0 radical (unpaired) electrons. The molecule has 0 heterocycles. The molecule has 0 saturated carbocycles. The number of nitrogens with one attached hydrogen (secondary N) is 1. The molecule has 0 fully saturated rings. The molecule has 4 nitrogen and oxygen atoms in total. The van der Waals surface area contributed by atoms with E-state index in [-0.39, 0.29) is 0 Å². The zero-order chi connectivity index (χ0) is 11.5. The summed E-state index contributed by atoms with van der Waals surface area (Å²) in [7, 11) is 2.32. The summed E-state index contributed by atoms with van der Waals surface area (Å²) in [6.45, 7) is 0. The van der Waals surface area contributed by atoms with Crippen LogP contribution < -0.4 is 4.72 Å². The molecule has 1 aromatic carbocycles. The topological polar surface area (TPSA) is 55.7 Å². The fraction of sp³-hybridized carbons (Fsp3) is 0.333. The number of hydrogen-bond acceptors (Lipinski definition) is 5. The van der Waals surface area contributed by atoms with Gasteiger partial charge in [-0.05, 0) is 43.3 Å². The number of benzene rings is 1. The highest BCUT2D eigenvalue weighted by Gasteiger charge is 2.17. The number of rotatable bonds is 4. The van der Waals surface area contributed by atoms with Gasteiger partial charge in [-0.1, -0.05) is 0 Å². The molecule has 15 heavy (non-hydrogen) atoms. The van der Waals surface area contributed by atoms with Gasteiger partial charge in [0.25, 0.3) is 0 Å². The van der Waals surface area contributed by atoms with E-state index in [1.165, 1.54) is 16.3 Å². The van der Waals surface area contributed by atoms with Crippen LogP contribution in [-0.4, -0.2) is 34.6 Å². The molecule has 0 amide bonds. The smallest absolute Gasteiger partial charge is 0.0753 e. The quantitative estimate of drug-likeness (QED) is 0.715. The average Bonchev–Trinajstić information content (AvgIpc) is 2.19. The van der Waals surface area contributed by atoms with E-state index in [1.54, 1.807) is 26.2 Å². The number of nitrogens with zero attached hydrogens (tertiary/aromatic N) is 1. The minimum Gasteiger partial charge on any atom is -0.281 e. The maximum atomic E-state index is 9.83. The van der Waals surface area contributed by atoms with Crippen LogP contribution in [0.1, 0.15) is 0 Å². The predicted molar refractivity (Wildman–Crippen MR) is 66.2 cm³/mol. The first-order valence-electron chi connectivity index (χ1n) is 4.38. The van der Waals surface area contributed by atoms with Crippen LogP contribution in [0.4, 0.5) is 0 Å². The van der Waals surface area contributed by atoms with Crippen LogP contribution in [0.2, 0.25) is 0 Å². The van der Waals surface area contributed by atoms with E-state index in [0.29, 0.717) is 4.90 Å². The molecule has 86 valence electrons. The Bertz CT molecular complexity index is 314. The van der Waals surface area contributed by atoms with Crippen molar-refractivity contribution in [1.29, 1.82) is 0 Å². The van der Waals surface area contributed by atoms with Gasteiger partial charge < -0.3 is 0 Å². The lowest BCUT2D eigenvalue weighted by molar-refractivity contribution is 0.414. The Kier molecular flexibility index (Phi) is 4.45. The van der Waals surface area contributed by atoms with Crippen LogP contribution >= 0.6 is 22.7 Å². The van der Waals surface area contributed by atoms with E-state index in [4.69, 9.17) is 0 Å². The standard InChI is InChI=1S/C9H16N2O2S2/c1-10-14-8-4-6-9(7-5-8)15(12,13)11(2)3/h4-7,10,12-13H,1-3H3. The second-order valence-electron chi connectivity index (χ2n) is 3.11. The molecule has 0 unspecified atom stereocenters. The molecule has 0 aliphatic carbocycles. The largest absolute Gasteiger partial charge is 0.281 e. The normalized spacial score (nSPS) is 13.2. The van der Waals surface area contributed by atoms with Crippen molar-refractivity contribution in [2.75, 3.05) is 21.1 Å². The highest BCUT2D eigenvalue weighted by molar-refractivity contribution is 8.22. The van der Waals surface area contributed by atoms with Crippen molar-refractivity contribution in [2.24, 2.45) is 0 Å². The lowest BCUT2D eigenvalue weighted by atomic mass is 10.4. The van der Waals surface area contributed by atoms with Gasteiger partial charge in [-0.25, -0.2) is 4.31 Å². The van der Waals surface area contributed by atoms with Gasteiger partial charge in [0.2, 0.25) is 0 Å². The molecule has 1 rings (SSSR count). The molecule has 3 N–H and O–H groups in total. The maximum Gasteiger partial charge on any atom is 0.0753 e. The van der Waals surface area contributed by atoms with Crippen molar-refractivity contribution in [3.05, 3.63) is 24.3 Å². The van der Waals surface area contributed by atoms with E-state index in [9.17, 15) is 9.11 Å². The first kappa shape index (κ1) is 12.8. The molecule has 1 aromatic rings. The third-order valence-corrected chi connectivity index (χ3v) is 4.50. The van der Waals surface area contributed by atoms with Crippen molar-refractivity contribution in [3.8, 4) is 0 Å². The highest BCUT2D eigenvalue weighted by atomic mass is 32.3. The SMILES string of the molecule is CNSc1ccc(S(O)(O)N(C)C)cc1. The Morgan fingerprint density at radius 3 is 2.13 bits per heavy atom. The second-order valence-corrected chi connectivity index (χ2v) is 6.43. The van der Waals surface area contributed by atoms with Crippen molar-refractivity contribution in [2.45, 2.75) is 9.79 Å². The van der Waals surface area contributed by atoms with Crippen LogP contribution in [0, 0.1) is 0 Å². The van der Waals surface area contributed by atoms with E-state index in [0.717, 1.165) is 4.90 Å². The van der Waals surface area contributed by atoms with Crippen LogP contribution in [0.3, 0.4) is 0 Å². The first-order chi connectivity index (χ1) is 6.98. The fourth-order valence-electron chi connectivity index (χ4n) is 1.02. The summed E-state index contributed by atoms with van der Waals surface area (Å²) in [6.07, 6.45) is 0. The summed E-state index contributed by atoms with van der Waals surface area (Å²) in [5.74, 6) is 0. The van der Waals surface area contributed by atoms with Gasteiger partial charge in [-0.3, -0.25) is 13.8 Å². The predicted octanol–water partition coefficient (Wildman–Crippen LogP) is 2.50. The monoisotopic (exact) mass is 248 g/mol. The Labute approximate surface area is 96.3 Å². The van der Waals surface area contributed by atoms with Gasteiger partial charge in [0.1, 0.15) is 0 Å². The zero-order valence-corrected chi connectivity index (χ0v) is 10.6. The Balaban J connectivity index is 2.88. The molecule has 0 aliphatic rings. The van der Waals surface area contributed by atoms with Crippen LogP contribution in [-0.2, 0) is 0 Å². The minimum absolute atomic E-state index is 0.535. The van der Waals surface area contributed by atoms with Gasteiger partial charge in [0.05, 0.1) is 4.90 Å². The van der Waals surface area contributed by atoms with E-state index < -0.39 is 10.8 Å². The molecule has 0 spiro atoms. The van der Waals surface area contributed by atoms with Crippen molar-refractivity contribution in [1.82, 2.24) is 9.03 Å². The lowest BCUT2D eigenvalue weighted by Gasteiger charge is -2.38. The molecular formula is C9H16N2O2S2. The van der Waals surface area contributed by atoms with Gasteiger partial charge in [-0.15, -0.1) is 10.8 Å². The van der Waals surface area contributed by atoms with Crippen molar-refractivity contribution >= 4 is 22.7 Å². The second kappa shape index (κ2) is 5.20. The maximum absolute atomic E-state index is 9.83. The molecule has 0 aliphatic heterocycles. The van der Waals surface area contributed by atoms with Crippen molar-refractivity contribution in [3.63, 3.8) is 0 Å². The average molecular weight is 248 g/mol. The van der Waals surface area contributed by atoms with Gasteiger partial charge in [0.15, 0.2) is 0 Å². The summed E-state index contributed by atoms with van der Waals surface area (Å²) in [4.78, 5) is 1.57. The van der Waals surface area contributed by atoms with Crippen molar-refractivity contribution < 1.29 is 9.11 Å². The molecule has 0 aromatic heterocycles. The molecule has 0 bridgehead atoms. The summed E-state index contributed by atoms with van der Waals surface area (Å²) in [5, 5.41) is 0. The van der Waals surface area contributed by atoms with Crippen LogP contribution in [0.15, 0.2) is 34.1 Å². The first-order valence-corrected chi connectivity index (χ1v) is 6.70.